The van der Waals surface area contributed by atoms with Crippen molar-refractivity contribution in [1.82, 2.24) is 0 Å². The number of phenols is 1. The molecule has 0 aromatic heterocycles. The summed E-state index contributed by atoms with van der Waals surface area (Å²) in [4.78, 5) is 0. The van der Waals surface area contributed by atoms with E-state index in [0.29, 0.717) is 11.6 Å². The summed E-state index contributed by atoms with van der Waals surface area (Å²) in [5.41, 5.74) is -0.280. The molecule has 0 unspecified atom stereocenters. The van der Waals surface area contributed by atoms with Crippen molar-refractivity contribution in [1.29, 1.82) is 0 Å². The first-order chi connectivity index (χ1) is 8.79. The number of halogens is 4. The lowest BCUT2D eigenvalue weighted by atomic mass is 9.98. The van der Waals surface area contributed by atoms with Gasteiger partial charge in [0.25, 0.3) is 0 Å². The molecule has 0 bridgehead atoms. The van der Waals surface area contributed by atoms with E-state index < -0.39 is 23.3 Å². The minimum absolute atomic E-state index is 0.129. The molecule has 0 saturated heterocycles. The van der Waals surface area contributed by atoms with Gasteiger partial charge in [0.15, 0.2) is 0 Å². The SMILES string of the molecule is Cc1c(F)cccc1-c1cc(O)cc(C(F)(F)F)c1. The molecule has 0 amide bonds. The zero-order chi connectivity index (χ0) is 14.2. The van der Waals surface area contributed by atoms with Gasteiger partial charge in [-0.25, -0.2) is 4.39 Å². The van der Waals surface area contributed by atoms with Gasteiger partial charge in [0, 0.05) is 0 Å². The molecule has 0 fully saturated rings. The maximum absolute atomic E-state index is 13.4. The molecule has 2 aromatic rings. The Morgan fingerprint density at radius 1 is 1.05 bits per heavy atom. The molecule has 0 spiro atoms. The summed E-state index contributed by atoms with van der Waals surface area (Å²) in [5.74, 6) is -1.01. The largest absolute Gasteiger partial charge is 0.508 e. The van der Waals surface area contributed by atoms with Gasteiger partial charge in [0.1, 0.15) is 11.6 Å². The van der Waals surface area contributed by atoms with Crippen molar-refractivity contribution in [2.45, 2.75) is 13.1 Å². The standard InChI is InChI=1S/C14H10F4O/c1-8-12(3-2-4-13(8)15)9-5-10(14(16,17)18)7-11(19)6-9/h2-7,19H,1H3. The summed E-state index contributed by atoms with van der Waals surface area (Å²) in [6, 6.07) is 6.85. The normalized spacial score (nSPS) is 11.6. The third kappa shape index (κ3) is 2.70. The molecule has 2 rings (SSSR count). The average Bonchev–Trinajstić information content (AvgIpc) is 2.31. The molecule has 0 heterocycles. The van der Waals surface area contributed by atoms with E-state index in [1.165, 1.54) is 31.2 Å². The zero-order valence-corrected chi connectivity index (χ0v) is 9.92. The number of aromatic hydroxyl groups is 1. The lowest BCUT2D eigenvalue weighted by molar-refractivity contribution is -0.137. The quantitative estimate of drug-likeness (QED) is 0.755. The van der Waals surface area contributed by atoms with Crippen LogP contribution < -0.4 is 0 Å². The summed E-state index contributed by atoms with van der Waals surface area (Å²) in [6.45, 7) is 1.47. The van der Waals surface area contributed by atoms with E-state index in [2.05, 4.69) is 0 Å². The Labute approximate surface area is 107 Å². The first kappa shape index (κ1) is 13.4. The fourth-order valence-electron chi connectivity index (χ4n) is 1.85. The molecule has 1 nitrogen and oxygen atoms in total. The van der Waals surface area contributed by atoms with Crippen LogP contribution in [-0.4, -0.2) is 5.11 Å². The van der Waals surface area contributed by atoms with E-state index in [1.807, 2.05) is 0 Å². The first-order valence-corrected chi connectivity index (χ1v) is 5.46. The van der Waals surface area contributed by atoms with Crippen molar-refractivity contribution in [2.24, 2.45) is 0 Å². The monoisotopic (exact) mass is 270 g/mol. The van der Waals surface area contributed by atoms with Crippen molar-refractivity contribution < 1.29 is 22.7 Å². The highest BCUT2D eigenvalue weighted by molar-refractivity contribution is 5.69. The Hall–Kier alpha value is -2.04. The zero-order valence-electron chi connectivity index (χ0n) is 9.92. The summed E-state index contributed by atoms with van der Waals surface area (Å²) in [5, 5.41) is 9.38. The van der Waals surface area contributed by atoms with E-state index in [9.17, 15) is 22.7 Å². The third-order valence-corrected chi connectivity index (χ3v) is 2.82. The van der Waals surface area contributed by atoms with Crippen molar-refractivity contribution >= 4 is 0 Å². The Balaban J connectivity index is 2.63. The Morgan fingerprint density at radius 2 is 1.74 bits per heavy atom. The van der Waals surface area contributed by atoms with Crippen LogP contribution in [0.3, 0.4) is 0 Å². The van der Waals surface area contributed by atoms with Crippen molar-refractivity contribution in [3.63, 3.8) is 0 Å². The van der Waals surface area contributed by atoms with Gasteiger partial charge in [-0.15, -0.1) is 0 Å². The van der Waals surface area contributed by atoms with Crippen LogP contribution in [0.5, 0.6) is 5.75 Å². The van der Waals surface area contributed by atoms with E-state index in [-0.39, 0.29) is 11.1 Å². The molecular weight excluding hydrogens is 260 g/mol. The van der Waals surface area contributed by atoms with Crippen LogP contribution >= 0.6 is 0 Å². The second-order valence-electron chi connectivity index (χ2n) is 4.18. The van der Waals surface area contributed by atoms with Gasteiger partial charge in [-0.1, -0.05) is 12.1 Å². The molecule has 0 saturated carbocycles. The number of alkyl halides is 3. The fourth-order valence-corrected chi connectivity index (χ4v) is 1.85. The Morgan fingerprint density at radius 3 is 2.37 bits per heavy atom. The van der Waals surface area contributed by atoms with Gasteiger partial charge in [0.05, 0.1) is 5.56 Å². The number of phenolic OH excluding ortho intramolecular Hbond substituents is 1. The van der Waals surface area contributed by atoms with Crippen LogP contribution in [0.1, 0.15) is 11.1 Å². The lowest BCUT2D eigenvalue weighted by Gasteiger charge is -2.12. The average molecular weight is 270 g/mol. The molecule has 5 heteroatoms. The maximum Gasteiger partial charge on any atom is 0.416 e. The fraction of sp³-hybridized carbons (Fsp3) is 0.143. The highest BCUT2D eigenvalue weighted by Crippen LogP contribution is 2.36. The molecule has 19 heavy (non-hydrogen) atoms. The van der Waals surface area contributed by atoms with Crippen LogP contribution in [0.2, 0.25) is 0 Å². The van der Waals surface area contributed by atoms with Crippen molar-refractivity contribution in [3.8, 4) is 16.9 Å². The van der Waals surface area contributed by atoms with E-state index >= 15 is 0 Å². The predicted octanol–water partition coefficient (Wildman–Crippen LogP) is 4.53. The summed E-state index contributed by atoms with van der Waals surface area (Å²) < 4.78 is 51.4. The van der Waals surface area contributed by atoms with E-state index in [0.717, 1.165) is 6.07 Å². The Kier molecular flexibility index (Phi) is 3.22. The molecular formula is C14H10F4O. The molecule has 1 N–H and O–H groups in total. The predicted molar refractivity (Wildman–Crippen MR) is 63.2 cm³/mol. The topological polar surface area (TPSA) is 20.2 Å². The van der Waals surface area contributed by atoms with Crippen LogP contribution in [0.15, 0.2) is 36.4 Å². The lowest BCUT2D eigenvalue weighted by Crippen LogP contribution is -2.04. The minimum atomic E-state index is -4.56. The summed E-state index contributed by atoms with van der Waals surface area (Å²) in [6.07, 6.45) is -4.56. The Bertz CT molecular complexity index is 617. The molecule has 0 aliphatic heterocycles. The van der Waals surface area contributed by atoms with E-state index in [4.69, 9.17) is 0 Å². The second-order valence-corrected chi connectivity index (χ2v) is 4.18. The summed E-state index contributed by atoms with van der Waals surface area (Å²) in [7, 11) is 0. The number of hydrogen-bond donors (Lipinski definition) is 1. The van der Waals surface area contributed by atoms with Crippen molar-refractivity contribution in [3.05, 3.63) is 53.3 Å². The molecule has 0 atom stereocenters. The van der Waals surface area contributed by atoms with Crippen LogP contribution in [0, 0.1) is 12.7 Å². The van der Waals surface area contributed by atoms with Gasteiger partial charge in [-0.05, 0) is 47.9 Å². The first-order valence-electron chi connectivity index (χ1n) is 5.46. The van der Waals surface area contributed by atoms with Gasteiger partial charge in [-0.3, -0.25) is 0 Å². The molecule has 0 radical (unpaired) electrons. The van der Waals surface area contributed by atoms with Crippen LogP contribution in [0.4, 0.5) is 17.6 Å². The van der Waals surface area contributed by atoms with Gasteiger partial charge >= 0.3 is 6.18 Å². The van der Waals surface area contributed by atoms with E-state index in [1.54, 1.807) is 0 Å². The molecule has 100 valence electrons. The number of benzene rings is 2. The van der Waals surface area contributed by atoms with Crippen LogP contribution in [-0.2, 0) is 6.18 Å². The highest BCUT2D eigenvalue weighted by atomic mass is 19.4. The van der Waals surface area contributed by atoms with Gasteiger partial charge in [0.2, 0.25) is 0 Å². The molecule has 2 aromatic carbocycles. The molecule has 0 aliphatic carbocycles. The van der Waals surface area contributed by atoms with Crippen LogP contribution in [0.25, 0.3) is 11.1 Å². The number of rotatable bonds is 1. The van der Waals surface area contributed by atoms with Gasteiger partial charge in [-0.2, -0.15) is 13.2 Å². The smallest absolute Gasteiger partial charge is 0.416 e. The third-order valence-electron chi connectivity index (χ3n) is 2.82. The maximum atomic E-state index is 13.4. The highest BCUT2D eigenvalue weighted by Gasteiger charge is 2.31. The molecule has 0 aliphatic rings. The van der Waals surface area contributed by atoms with Crippen molar-refractivity contribution in [2.75, 3.05) is 0 Å². The second kappa shape index (κ2) is 4.57. The summed E-state index contributed by atoms with van der Waals surface area (Å²) >= 11 is 0. The minimum Gasteiger partial charge on any atom is -0.508 e. The number of hydrogen-bond acceptors (Lipinski definition) is 1. The van der Waals surface area contributed by atoms with Gasteiger partial charge < -0.3 is 5.11 Å².